The molecule has 0 amide bonds. The van der Waals surface area contributed by atoms with E-state index >= 15 is 0 Å². The third-order valence-corrected chi connectivity index (χ3v) is 4.33. The third-order valence-electron chi connectivity index (χ3n) is 3.48. The molecule has 6 nitrogen and oxygen atoms in total. The lowest BCUT2D eigenvalue weighted by Gasteiger charge is -2.10. The molecule has 2 N–H and O–H groups in total. The molecule has 160 valence electrons. The van der Waals surface area contributed by atoms with Crippen LogP contribution in [0, 0.1) is 0 Å². The molecule has 0 radical (unpaired) electrons. The van der Waals surface area contributed by atoms with E-state index in [0.29, 0.717) is 36.2 Å². The highest BCUT2D eigenvalue weighted by molar-refractivity contribution is 14.0. The smallest absolute Gasteiger partial charge is 0.434 e. The summed E-state index contributed by atoms with van der Waals surface area (Å²) in [7, 11) is 0. The lowest BCUT2D eigenvalue weighted by Crippen LogP contribution is -2.36. The first-order valence-corrected chi connectivity index (χ1v) is 9.51. The van der Waals surface area contributed by atoms with Gasteiger partial charge in [0.2, 0.25) is 0 Å². The molecule has 29 heavy (non-hydrogen) atoms. The second-order valence-corrected chi connectivity index (χ2v) is 6.53. The fourth-order valence-electron chi connectivity index (χ4n) is 2.15. The van der Waals surface area contributed by atoms with Gasteiger partial charge >= 0.3 is 12.1 Å². The molecule has 0 fully saturated rings. The van der Waals surface area contributed by atoms with Crippen molar-refractivity contribution in [2.75, 3.05) is 13.2 Å². The molecule has 1 aromatic heterocycles. The minimum atomic E-state index is -4.44. The SMILES string of the molecule is CCNC(=NCc1ccc(C(=O)OCC)cc1)NCc1nc(C(F)(F)F)cs1.I. The highest BCUT2D eigenvalue weighted by atomic mass is 127. The molecular formula is C18H22F3IN4O2S. The number of carbonyl (C=O) groups is 1. The van der Waals surface area contributed by atoms with E-state index in [1.54, 1.807) is 31.2 Å². The summed E-state index contributed by atoms with van der Waals surface area (Å²) in [5.74, 6) is 0.0787. The first-order chi connectivity index (χ1) is 13.3. The molecule has 0 saturated carbocycles. The molecule has 2 rings (SSSR count). The molecule has 0 spiro atoms. The Kier molecular flexibility index (Phi) is 10.4. The predicted molar refractivity (Wildman–Crippen MR) is 117 cm³/mol. The number of nitrogens with one attached hydrogen (secondary N) is 2. The van der Waals surface area contributed by atoms with E-state index in [1.807, 2.05) is 6.92 Å². The van der Waals surface area contributed by atoms with E-state index in [4.69, 9.17) is 4.74 Å². The van der Waals surface area contributed by atoms with Crippen LogP contribution < -0.4 is 10.6 Å². The number of aliphatic imine (C=N–C) groups is 1. The van der Waals surface area contributed by atoms with Gasteiger partial charge in [-0.3, -0.25) is 0 Å². The Hall–Kier alpha value is -1.89. The van der Waals surface area contributed by atoms with Crippen LogP contribution in [0.25, 0.3) is 0 Å². The molecular weight excluding hydrogens is 520 g/mol. The Labute approximate surface area is 188 Å². The minimum absolute atomic E-state index is 0. The topological polar surface area (TPSA) is 75.6 Å². The summed E-state index contributed by atoms with van der Waals surface area (Å²) >= 11 is 0.939. The predicted octanol–water partition coefficient (Wildman–Crippen LogP) is 4.21. The number of rotatable bonds is 7. The van der Waals surface area contributed by atoms with E-state index < -0.39 is 11.9 Å². The number of nitrogens with zero attached hydrogens (tertiary/aromatic N) is 2. The van der Waals surface area contributed by atoms with Gasteiger partial charge in [-0.15, -0.1) is 35.3 Å². The molecule has 0 atom stereocenters. The zero-order chi connectivity index (χ0) is 20.6. The number of hydrogen-bond donors (Lipinski definition) is 2. The molecule has 0 saturated heterocycles. The molecule has 11 heteroatoms. The van der Waals surface area contributed by atoms with Crippen molar-refractivity contribution in [3.63, 3.8) is 0 Å². The zero-order valence-corrected chi connectivity index (χ0v) is 19.0. The second kappa shape index (κ2) is 12.0. The van der Waals surface area contributed by atoms with Crippen molar-refractivity contribution in [3.05, 3.63) is 51.5 Å². The number of guanidine groups is 1. The van der Waals surface area contributed by atoms with E-state index in [-0.39, 0.29) is 36.5 Å². The van der Waals surface area contributed by atoms with Crippen LogP contribution in [-0.4, -0.2) is 30.1 Å². The van der Waals surface area contributed by atoms with Crippen molar-refractivity contribution in [1.29, 1.82) is 0 Å². The van der Waals surface area contributed by atoms with E-state index in [9.17, 15) is 18.0 Å². The summed E-state index contributed by atoms with van der Waals surface area (Å²) in [6, 6.07) is 6.88. The molecule has 0 aliphatic heterocycles. The summed E-state index contributed by atoms with van der Waals surface area (Å²) in [6.07, 6.45) is -4.44. The average Bonchev–Trinajstić information content (AvgIpc) is 3.14. The van der Waals surface area contributed by atoms with Crippen molar-refractivity contribution in [3.8, 4) is 0 Å². The normalized spacial score (nSPS) is 11.6. The largest absolute Gasteiger partial charge is 0.462 e. The highest BCUT2D eigenvalue weighted by Gasteiger charge is 2.33. The van der Waals surface area contributed by atoms with Crippen molar-refractivity contribution in [2.24, 2.45) is 4.99 Å². The van der Waals surface area contributed by atoms with E-state index in [2.05, 4.69) is 20.6 Å². The monoisotopic (exact) mass is 542 g/mol. The number of ether oxygens (including phenoxy) is 1. The molecule has 1 heterocycles. The maximum absolute atomic E-state index is 12.6. The summed E-state index contributed by atoms with van der Waals surface area (Å²) in [4.78, 5) is 19.6. The zero-order valence-electron chi connectivity index (χ0n) is 15.9. The standard InChI is InChI=1S/C18H21F3N4O2S.HI/c1-3-22-17(24-10-15-25-14(11-28-15)18(19,20)21)23-9-12-5-7-13(8-6-12)16(26)27-4-2;/h5-8,11H,3-4,9-10H2,1-2H3,(H2,22,23,24);1H. The van der Waals surface area contributed by atoms with E-state index in [0.717, 1.165) is 22.3 Å². The van der Waals surface area contributed by atoms with Crippen LogP contribution in [0.5, 0.6) is 0 Å². The van der Waals surface area contributed by atoms with Crippen LogP contribution in [0.1, 0.15) is 40.5 Å². The minimum Gasteiger partial charge on any atom is -0.462 e. The van der Waals surface area contributed by atoms with Gasteiger partial charge in [0.1, 0.15) is 5.01 Å². The summed E-state index contributed by atoms with van der Waals surface area (Å²) in [5, 5.41) is 7.30. The van der Waals surface area contributed by atoms with Crippen molar-refractivity contribution in [2.45, 2.75) is 33.1 Å². The first kappa shape index (κ1) is 25.1. The number of alkyl halides is 3. The van der Waals surface area contributed by atoms with Gasteiger partial charge < -0.3 is 15.4 Å². The van der Waals surface area contributed by atoms with Crippen LogP contribution in [0.3, 0.4) is 0 Å². The number of hydrogen-bond acceptors (Lipinski definition) is 5. The third kappa shape index (κ3) is 8.17. The number of esters is 1. The molecule has 0 bridgehead atoms. The molecule has 0 aliphatic rings. The summed E-state index contributed by atoms with van der Waals surface area (Å²) < 4.78 is 42.8. The molecule has 2 aromatic rings. The van der Waals surface area contributed by atoms with Crippen LogP contribution in [-0.2, 0) is 24.0 Å². The van der Waals surface area contributed by atoms with Gasteiger partial charge in [0.15, 0.2) is 11.7 Å². The first-order valence-electron chi connectivity index (χ1n) is 8.63. The Balaban J connectivity index is 0.00000420. The Morgan fingerprint density at radius 2 is 1.90 bits per heavy atom. The van der Waals surface area contributed by atoms with Crippen LogP contribution in [0.4, 0.5) is 13.2 Å². The molecule has 1 aromatic carbocycles. The van der Waals surface area contributed by atoms with Crippen LogP contribution >= 0.6 is 35.3 Å². The maximum atomic E-state index is 12.6. The fourth-order valence-corrected chi connectivity index (χ4v) is 2.89. The van der Waals surface area contributed by atoms with Crippen molar-refractivity contribution in [1.82, 2.24) is 15.6 Å². The lowest BCUT2D eigenvalue weighted by molar-refractivity contribution is -0.140. The van der Waals surface area contributed by atoms with Crippen LogP contribution in [0.2, 0.25) is 0 Å². The van der Waals surface area contributed by atoms with E-state index in [1.165, 1.54) is 0 Å². The quantitative estimate of drug-likeness (QED) is 0.237. The molecule has 0 unspecified atom stereocenters. The number of carbonyl (C=O) groups excluding carboxylic acids is 1. The van der Waals surface area contributed by atoms with Gasteiger partial charge in [-0.1, -0.05) is 12.1 Å². The average molecular weight is 542 g/mol. The van der Waals surface area contributed by atoms with Gasteiger partial charge in [-0.2, -0.15) is 13.2 Å². The number of thiazole rings is 1. The van der Waals surface area contributed by atoms with Gasteiger partial charge in [0.25, 0.3) is 0 Å². The lowest BCUT2D eigenvalue weighted by atomic mass is 10.1. The Bertz CT molecular complexity index is 810. The fraction of sp³-hybridized carbons (Fsp3) is 0.389. The number of aromatic nitrogens is 1. The van der Waals surface area contributed by atoms with Crippen LogP contribution in [0.15, 0.2) is 34.6 Å². The van der Waals surface area contributed by atoms with Crippen molar-refractivity contribution >= 4 is 47.2 Å². The second-order valence-electron chi connectivity index (χ2n) is 5.59. The van der Waals surface area contributed by atoms with Crippen molar-refractivity contribution < 1.29 is 22.7 Å². The summed E-state index contributed by atoms with van der Waals surface area (Å²) in [5.41, 5.74) is 0.445. The Morgan fingerprint density at radius 1 is 1.21 bits per heavy atom. The summed E-state index contributed by atoms with van der Waals surface area (Å²) in [6.45, 7) is 5.01. The number of halogens is 4. The Morgan fingerprint density at radius 3 is 2.45 bits per heavy atom. The highest BCUT2D eigenvalue weighted by Crippen LogP contribution is 2.29. The van der Waals surface area contributed by atoms with Gasteiger partial charge in [0, 0.05) is 11.9 Å². The number of benzene rings is 1. The molecule has 0 aliphatic carbocycles. The maximum Gasteiger partial charge on any atom is 0.434 e. The van der Waals surface area contributed by atoms with Gasteiger partial charge in [-0.05, 0) is 31.5 Å². The van der Waals surface area contributed by atoms with Gasteiger partial charge in [-0.25, -0.2) is 14.8 Å². The van der Waals surface area contributed by atoms with Gasteiger partial charge in [0.05, 0.1) is 25.3 Å².